The van der Waals surface area contributed by atoms with Gasteiger partial charge >= 0.3 is 0 Å². The Morgan fingerprint density at radius 3 is 2.43 bits per heavy atom. The Morgan fingerprint density at radius 1 is 1.10 bits per heavy atom. The predicted octanol–water partition coefficient (Wildman–Crippen LogP) is 4.22. The maximum absolute atomic E-state index is 12.9. The molecule has 6 heteroatoms. The third-order valence-corrected chi connectivity index (χ3v) is 7.71. The highest BCUT2D eigenvalue weighted by molar-refractivity contribution is 7.89. The molecule has 1 atom stereocenters. The molecule has 1 saturated heterocycles. The van der Waals surface area contributed by atoms with Gasteiger partial charge in [-0.1, -0.05) is 48.0 Å². The van der Waals surface area contributed by atoms with E-state index in [-0.39, 0.29) is 24.1 Å². The summed E-state index contributed by atoms with van der Waals surface area (Å²) in [5.74, 6) is -0.288. The van der Waals surface area contributed by atoms with Crippen molar-refractivity contribution in [2.75, 3.05) is 24.2 Å². The third kappa shape index (κ3) is 5.70. The van der Waals surface area contributed by atoms with E-state index in [1.165, 1.54) is 4.31 Å². The monoisotopic (exact) mass is 428 g/mol. The fraction of sp³-hybridized carbons (Fsp3) is 0.458. The van der Waals surface area contributed by atoms with E-state index in [0.717, 1.165) is 34.4 Å². The largest absolute Gasteiger partial charge is 0.325 e. The summed E-state index contributed by atoms with van der Waals surface area (Å²) in [5, 5.41) is 3.05. The zero-order valence-electron chi connectivity index (χ0n) is 18.1. The predicted molar refractivity (Wildman–Crippen MR) is 122 cm³/mol. The highest BCUT2D eigenvalue weighted by Gasteiger charge is 2.32. The number of aryl methyl sites for hydroxylation is 4. The number of anilines is 1. The van der Waals surface area contributed by atoms with E-state index >= 15 is 0 Å². The van der Waals surface area contributed by atoms with E-state index in [4.69, 9.17) is 0 Å². The van der Waals surface area contributed by atoms with Crippen LogP contribution in [0.1, 0.15) is 41.5 Å². The molecule has 0 aliphatic carbocycles. The van der Waals surface area contributed by atoms with Gasteiger partial charge in [-0.15, -0.1) is 0 Å². The van der Waals surface area contributed by atoms with Gasteiger partial charge in [0.1, 0.15) is 0 Å². The van der Waals surface area contributed by atoms with Crippen molar-refractivity contribution < 1.29 is 13.2 Å². The van der Waals surface area contributed by atoms with Gasteiger partial charge in [0.05, 0.1) is 11.7 Å². The van der Waals surface area contributed by atoms with Crippen molar-refractivity contribution in [3.8, 4) is 0 Å². The van der Waals surface area contributed by atoms with E-state index in [1.54, 1.807) is 0 Å². The lowest BCUT2D eigenvalue weighted by atomic mass is 9.98. The summed E-state index contributed by atoms with van der Waals surface area (Å²) in [4.78, 5) is 12.9. The molecule has 30 heavy (non-hydrogen) atoms. The second kappa shape index (κ2) is 9.75. The third-order valence-electron chi connectivity index (χ3n) is 5.78. The number of rotatable bonds is 7. The van der Waals surface area contributed by atoms with Crippen molar-refractivity contribution in [3.63, 3.8) is 0 Å². The normalized spacial score (nSPS) is 17.6. The molecule has 0 aromatic heterocycles. The van der Waals surface area contributed by atoms with Crippen LogP contribution in [0.25, 0.3) is 0 Å². The highest BCUT2D eigenvalue weighted by Crippen LogP contribution is 2.25. The molecule has 0 spiro atoms. The molecule has 1 aliphatic heterocycles. The van der Waals surface area contributed by atoms with Crippen molar-refractivity contribution in [2.24, 2.45) is 5.92 Å². The molecule has 5 nitrogen and oxygen atoms in total. The number of nitrogens with zero attached hydrogens (tertiary/aromatic N) is 1. The molecule has 1 fully saturated rings. The number of nitrogens with one attached hydrogen (secondary N) is 1. The standard InChI is InChI=1S/C24H32N2O3S/c1-18-15-19(2)23(20(3)16-18)25-24(27)22-12-7-13-26(17-22)30(28,29)14-8-11-21-9-5-4-6-10-21/h4-6,9-10,15-16,22H,7-8,11-14,17H2,1-3H3,(H,25,27)/t22-/m1/s1. The Balaban J connectivity index is 1.59. The van der Waals surface area contributed by atoms with Crippen molar-refractivity contribution in [1.29, 1.82) is 0 Å². The van der Waals surface area contributed by atoms with E-state index in [0.29, 0.717) is 25.8 Å². The van der Waals surface area contributed by atoms with E-state index in [2.05, 4.69) is 5.32 Å². The number of carbonyl (C=O) groups is 1. The minimum Gasteiger partial charge on any atom is -0.325 e. The van der Waals surface area contributed by atoms with Crippen molar-refractivity contribution >= 4 is 21.6 Å². The lowest BCUT2D eigenvalue weighted by Gasteiger charge is -2.31. The van der Waals surface area contributed by atoms with Crippen LogP contribution >= 0.6 is 0 Å². The van der Waals surface area contributed by atoms with Crippen molar-refractivity contribution in [3.05, 3.63) is 64.7 Å². The summed E-state index contributed by atoms with van der Waals surface area (Å²) in [7, 11) is -3.36. The van der Waals surface area contributed by atoms with Crippen LogP contribution in [0, 0.1) is 26.7 Å². The maximum Gasteiger partial charge on any atom is 0.228 e. The summed E-state index contributed by atoms with van der Waals surface area (Å²) in [6.07, 6.45) is 2.75. The van der Waals surface area contributed by atoms with Gasteiger partial charge in [0.2, 0.25) is 15.9 Å². The molecule has 0 radical (unpaired) electrons. The topological polar surface area (TPSA) is 66.5 Å². The molecule has 0 unspecified atom stereocenters. The first kappa shape index (κ1) is 22.5. The van der Waals surface area contributed by atoms with Gasteiger partial charge in [-0.3, -0.25) is 4.79 Å². The Morgan fingerprint density at radius 2 is 1.77 bits per heavy atom. The molecule has 3 rings (SSSR count). The number of piperidine rings is 1. The average molecular weight is 429 g/mol. The van der Waals surface area contributed by atoms with Crippen LogP contribution in [-0.4, -0.2) is 37.5 Å². The van der Waals surface area contributed by atoms with E-state index in [1.807, 2.05) is 63.2 Å². The SMILES string of the molecule is Cc1cc(C)c(NC(=O)[C@@H]2CCCN(S(=O)(=O)CCCc3ccccc3)C2)c(C)c1. The van der Waals surface area contributed by atoms with Gasteiger partial charge in [0.15, 0.2) is 0 Å². The molecule has 2 aromatic rings. The van der Waals surface area contributed by atoms with Gasteiger partial charge in [0.25, 0.3) is 0 Å². The summed E-state index contributed by atoms with van der Waals surface area (Å²) < 4.78 is 27.2. The summed E-state index contributed by atoms with van der Waals surface area (Å²) >= 11 is 0. The first-order chi connectivity index (χ1) is 14.3. The Kier molecular flexibility index (Phi) is 7.32. The minimum atomic E-state index is -3.36. The number of hydrogen-bond acceptors (Lipinski definition) is 3. The Labute approximate surface area is 180 Å². The maximum atomic E-state index is 12.9. The van der Waals surface area contributed by atoms with Crippen molar-refractivity contribution in [1.82, 2.24) is 4.31 Å². The van der Waals surface area contributed by atoms with Crippen LogP contribution in [0.3, 0.4) is 0 Å². The summed E-state index contributed by atoms with van der Waals surface area (Å²) in [6.45, 7) is 6.77. The second-order valence-corrected chi connectivity index (χ2v) is 10.5. The van der Waals surface area contributed by atoms with Gasteiger partial charge in [-0.25, -0.2) is 12.7 Å². The van der Waals surface area contributed by atoms with Gasteiger partial charge in [-0.2, -0.15) is 0 Å². The van der Waals surface area contributed by atoms with Crippen LogP contribution < -0.4 is 5.32 Å². The number of carbonyl (C=O) groups excluding carboxylic acids is 1. The smallest absolute Gasteiger partial charge is 0.228 e. The molecular weight excluding hydrogens is 396 g/mol. The Bertz CT molecular complexity index is 964. The molecule has 0 saturated carbocycles. The zero-order valence-corrected chi connectivity index (χ0v) is 19.0. The second-order valence-electron chi connectivity index (χ2n) is 8.37. The van der Waals surface area contributed by atoms with Crippen molar-refractivity contribution in [2.45, 2.75) is 46.5 Å². The molecule has 1 N–H and O–H groups in total. The van der Waals surface area contributed by atoms with Crippen LogP contribution in [0.4, 0.5) is 5.69 Å². The molecule has 0 bridgehead atoms. The first-order valence-electron chi connectivity index (χ1n) is 10.7. The molecule has 1 heterocycles. The van der Waals surface area contributed by atoms with Crippen LogP contribution in [-0.2, 0) is 21.2 Å². The minimum absolute atomic E-state index is 0.0887. The zero-order chi connectivity index (χ0) is 21.7. The van der Waals surface area contributed by atoms with Gasteiger partial charge < -0.3 is 5.32 Å². The van der Waals surface area contributed by atoms with Gasteiger partial charge in [-0.05, 0) is 63.1 Å². The molecule has 1 amide bonds. The fourth-order valence-corrected chi connectivity index (χ4v) is 5.83. The van der Waals surface area contributed by atoms with Crippen LogP contribution in [0.5, 0.6) is 0 Å². The summed E-state index contributed by atoms with van der Waals surface area (Å²) in [6, 6.07) is 14.0. The molecule has 1 aliphatic rings. The van der Waals surface area contributed by atoms with Gasteiger partial charge in [0, 0.05) is 18.8 Å². The number of amides is 1. The Hall–Kier alpha value is -2.18. The van der Waals surface area contributed by atoms with E-state index < -0.39 is 10.0 Å². The highest BCUT2D eigenvalue weighted by atomic mass is 32.2. The lowest BCUT2D eigenvalue weighted by molar-refractivity contribution is -0.120. The number of sulfonamides is 1. The number of hydrogen-bond donors (Lipinski definition) is 1. The van der Waals surface area contributed by atoms with Crippen LogP contribution in [0.2, 0.25) is 0 Å². The van der Waals surface area contributed by atoms with Crippen LogP contribution in [0.15, 0.2) is 42.5 Å². The molecule has 162 valence electrons. The fourth-order valence-electron chi connectivity index (χ4n) is 4.24. The first-order valence-corrected chi connectivity index (χ1v) is 12.3. The average Bonchev–Trinajstić information content (AvgIpc) is 2.71. The van der Waals surface area contributed by atoms with E-state index in [9.17, 15) is 13.2 Å². The molecule has 2 aromatic carbocycles. The summed E-state index contributed by atoms with van der Waals surface area (Å²) in [5.41, 5.74) is 5.21. The lowest BCUT2D eigenvalue weighted by Crippen LogP contribution is -2.44. The quantitative estimate of drug-likeness (QED) is 0.718. The number of benzene rings is 2. The molecular formula is C24H32N2O3S.